The fraction of sp³-hybridized carbons (Fsp3) is 0.115. The highest BCUT2D eigenvalue weighted by molar-refractivity contribution is 7.92. The summed E-state index contributed by atoms with van der Waals surface area (Å²) >= 11 is 0. The molecule has 3 aromatic heterocycles. The number of pyridine rings is 2. The number of ether oxygens (including phenoxy) is 1. The summed E-state index contributed by atoms with van der Waals surface area (Å²) in [4.78, 5) is 13.4. The first-order valence-corrected chi connectivity index (χ1v) is 12.4. The number of hydrogen-bond donors (Lipinski definition) is 1. The number of oxazole rings is 1. The largest absolute Gasteiger partial charge is 0.497 e. The van der Waals surface area contributed by atoms with E-state index in [1.165, 1.54) is 0 Å². The molecule has 0 unspecified atom stereocenters. The average molecular weight is 487 g/mol. The summed E-state index contributed by atoms with van der Waals surface area (Å²) in [7, 11) is -2.06. The van der Waals surface area contributed by atoms with Crippen molar-refractivity contribution in [2.24, 2.45) is 0 Å². The van der Waals surface area contributed by atoms with E-state index in [1.807, 2.05) is 18.2 Å². The number of rotatable bonds is 8. The zero-order valence-corrected chi connectivity index (χ0v) is 19.7. The van der Waals surface area contributed by atoms with E-state index in [9.17, 15) is 8.42 Å². The van der Waals surface area contributed by atoms with E-state index in [4.69, 9.17) is 9.15 Å². The molecule has 0 aliphatic heterocycles. The first-order chi connectivity index (χ1) is 17.0. The van der Waals surface area contributed by atoms with E-state index in [1.54, 1.807) is 74.1 Å². The summed E-state index contributed by atoms with van der Waals surface area (Å²) in [5.41, 5.74) is 4.10. The maximum absolute atomic E-state index is 12.7. The number of sulfonamides is 1. The van der Waals surface area contributed by atoms with E-state index in [0.29, 0.717) is 35.6 Å². The molecule has 0 fully saturated rings. The molecular formula is C26H22N4O4S. The zero-order valence-electron chi connectivity index (χ0n) is 18.9. The van der Waals surface area contributed by atoms with Crippen molar-refractivity contribution >= 4 is 26.9 Å². The van der Waals surface area contributed by atoms with Crippen LogP contribution in [0.2, 0.25) is 0 Å². The number of para-hydroxylation sites is 1. The molecule has 0 bridgehead atoms. The molecule has 0 spiro atoms. The van der Waals surface area contributed by atoms with Gasteiger partial charge in [0.25, 0.3) is 10.0 Å². The molecule has 5 rings (SSSR count). The van der Waals surface area contributed by atoms with Crippen molar-refractivity contribution in [2.75, 3.05) is 11.8 Å². The predicted octanol–water partition coefficient (Wildman–Crippen LogP) is 4.88. The first-order valence-electron chi connectivity index (χ1n) is 10.9. The normalized spacial score (nSPS) is 11.5. The van der Waals surface area contributed by atoms with Gasteiger partial charge in [-0.1, -0.05) is 30.3 Å². The van der Waals surface area contributed by atoms with Crippen LogP contribution in [0.15, 0.2) is 94.5 Å². The maximum Gasteiger partial charge on any atom is 0.261 e. The second-order valence-electron chi connectivity index (χ2n) is 7.84. The lowest BCUT2D eigenvalue weighted by molar-refractivity contribution is 0.413. The number of nitrogens with zero attached hydrogens (tertiary/aromatic N) is 3. The molecule has 176 valence electrons. The van der Waals surface area contributed by atoms with E-state index < -0.39 is 10.0 Å². The molecule has 0 saturated heterocycles. The van der Waals surface area contributed by atoms with Crippen LogP contribution in [0.3, 0.4) is 0 Å². The number of anilines is 1. The fourth-order valence-corrected chi connectivity index (χ4v) is 4.69. The summed E-state index contributed by atoms with van der Waals surface area (Å²) in [6.07, 6.45) is 4.64. The monoisotopic (exact) mass is 486 g/mol. The minimum absolute atomic E-state index is 0.173. The van der Waals surface area contributed by atoms with Gasteiger partial charge in [0.05, 0.1) is 12.0 Å². The topological polar surface area (TPSA) is 107 Å². The number of aromatic nitrogens is 3. The second-order valence-corrected chi connectivity index (χ2v) is 9.52. The third-order valence-electron chi connectivity index (χ3n) is 5.43. The third-order valence-corrected chi connectivity index (χ3v) is 6.83. The Morgan fingerprint density at radius 2 is 1.71 bits per heavy atom. The number of benzene rings is 2. The Bertz CT molecular complexity index is 1570. The van der Waals surface area contributed by atoms with Crippen LogP contribution in [0.4, 0.5) is 5.69 Å². The summed E-state index contributed by atoms with van der Waals surface area (Å²) in [6, 6.07) is 20.9. The minimum Gasteiger partial charge on any atom is -0.497 e. The zero-order chi connectivity index (χ0) is 24.3. The van der Waals surface area contributed by atoms with Crippen LogP contribution < -0.4 is 9.46 Å². The fourth-order valence-electron chi connectivity index (χ4n) is 3.63. The molecule has 9 heteroatoms. The SMILES string of the molecule is COc1ccnc(CCc2nc3ncc(-c4ccc(S(=O)(=O)Nc5ccccc5)cc4)cc3o2)c1. The van der Waals surface area contributed by atoms with Crippen LogP contribution >= 0.6 is 0 Å². The van der Waals surface area contributed by atoms with Crippen molar-refractivity contribution in [3.05, 3.63) is 96.8 Å². The summed E-state index contributed by atoms with van der Waals surface area (Å²) < 4.78 is 39.1. The van der Waals surface area contributed by atoms with Crippen molar-refractivity contribution in [3.63, 3.8) is 0 Å². The number of methoxy groups -OCH3 is 1. The molecule has 0 radical (unpaired) electrons. The second kappa shape index (κ2) is 9.55. The van der Waals surface area contributed by atoms with Gasteiger partial charge in [-0.25, -0.2) is 13.4 Å². The Labute approximate surface area is 202 Å². The van der Waals surface area contributed by atoms with Gasteiger partial charge in [-0.3, -0.25) is 9.71 Å². The van der Waals surface area contributed by atoms with E-state index >= 15 is 0 Å². The lowest BCUT2D eigenvalue weighted by Gasteiger charge is -2.08. The average Bonchev–Trinajstić information content (AvgIpc) is 3.30. The van der Waals surface area contributed by atoms with Crippen LogP contribution in [0.25, 0.3) is 22.4 Å². The molecule has 0 aliphatic carbocycles. The third kappa shape index (κ3) is 5.15. The van der Waals surface area contributed by atoms with Crippen molar-refractivity contribution in [2.45, 2.75) is 17.7 Å². The lowest BCUT2D eigenvalue weighted by Crippen LogP contribution is -2.12. The quantitative estimate of drug-likeness (QED) is 0.333. The predicted molar refractivity (Wildman–Crippen MR) is 133 cm³/mol. The summed E-state index contributed by atoms with van der Waals surface area (Å²) in [5.74, 6) is 1.33. The van der Waals surface area contributed by atoms with E-state index in [0.717, 1.165) is 22.6 Å². The van der Waals surface area contributed by atoms with E-state index in [2.05, 4.69) is 19.7 Å². The highest BCUT2D eigenvalue weighted by atomic mass is 32.2. The molecule has 0 saturated carbocycles. The number of aryl methyl sites for hydroxylation is 2. The highest BCUT2D eigenvalue weighted by Gasteiger charge is 2.15. The number of fused-ring (bicyclic) bond motifs is 1. The standard InChI is InChI=1S/C26H22N4O4S/c1-33-22-13-14-27-21(16-22)9-12-25-29-26-24(34-25)15-19(17-28-26)18-7-10-23(11-8-18)35(31,32)30-20-5-3-2-4-6-20/h2-8,10-11,13-17,30H,9,12H2,1H3. The van der Waals surface area contributed by atoms with Gasteiger partial charge in [0, 0.05) is 41.8 Å². The van der Waals surface area contributed by atoms with Crippen LogP contribution in [-0.2, 0) is 22.9 Å². The Morgan fingerprint density at radius 3 is 2.49 bits per heavy atom. The first kappa shape index (κ1) is 22.5. The Balaban J connectivity index is 1.31. The van der Waals surface area contributed by atoms with Crippen LogP contribution in [0.5, 0.6) is 5.75 Å². The molecular weight excluding hydrogens is 464 g/mol. The molecule has 8 nitrogen and oxygen atoms in total. The van der Waals surface area contributed by atoms with Gasteiger partial charge in [0.2, 0.25) is 0 Å². The summed E-state index contributed by atoms with van der Waals surface area (Å²) in [6.45, 7) is 0. The molecule has 0 amide bonds. The van der Waals surface area contributed by atoms with Crippen LogP contribution in [0, 0.1) is 0 Å². The number of nitrogens with one attached hydrogen (secondary N) is 1. The minimum atomic E-state index is -3.68. The van der Waals surface area contributed by atoms with Gasteiger partial charge < -0.3 is 9.15 Å². The van der Waals surface area contributed by atoms with Gasteiger partial charge in [-0.05, 0) is 48.4 Å². The van der Waals surface area contributed by atoms with E-state index in [-0.39, 0.29) is 4.90 Å². The smallest absolute Gasteiger partial charge is 0.261 e. The summed E-state index contributed by atoms with van der Waals surface area (Å²) in [5, 5.41) is 0. The molecule has 0 atom stereocenters. The number of hydrogen-bond acceptors (Lipinski definition) is 7. The van der Waals surface area contributed by atoms with Gasteiger partial charge in [-0.2, -0.15) is 4.98 Å². The highest BCUT2D eigenvalue weighted by Crippen LogP contribution is 2.26. The Kier molecular flexibility index (Phi) is 6.15. The van der Waals surface area contributed by atoms with Gasteiger partial charge in [-0.15, -0.1) is 0 Å². The van der Waals surface area contributed by atoms with Crippen molar-refractivity contribution in [1.29, 1.82) is 0 Å². The molecule has 0 aliphatic rings. The molecule has 35 heavy (non-hydrogen) atoms. The molecule has 3 heterocycles. The Morgan fingerprint density at radius 1 is 0.914 bits per heavy atom. The Hall–Kier alpha value is -4.24. The molecule has 1 N–H and O–H groups in total. The van der Waals surface area contributed by atoms with Gasteiger partial charge in [0.1, 0.15) is 5.75 Å². The van der Waals surface area contributed by atoms with Crippen LogP contribution in [0.1, 0.15) is 11.6 Å². The van der Waals surface area contributed by atoms with Crippen LogP contribution in [-0.4, -0.2) is 30.5 Å². The van der Waals surface area contributed by atoms with Gasteiger partial charge in [0.15, 0.2) is 17.1 Å². The molecule has 2 aromatic carbocycles. The lowest BCUT2D eigenvalue weighted by atomic mass is 10.1. The van der Waals surface area contributed by atoms with Gasteiger partial charge >= 0.3 is 0 Å². The van der Waals surface area contributed by atoms with Crippen molar-refractivity contribution in [1.82, 2.24) is 15.0 Å². The van der Waals surface area contributed by atoms with Crippen molar-refractivity contribution < 1.29 is 17.6 Å². The van der Waals surface area contributed by atoms with Crippen molar-refractivity contribution in [3.8, 4) is 16.9 Å². The molecule has 5 aromatic rings. The maximum atomic E-state index is 12.7.